The number of ketones is 1. The molecule has 7 heteroatoms. The SMILES string of the molecule is COc1ccc(C(=O)COC(=O)c2cccc(N3C(=O)[C@H]4[C@@H]5C[C@@H]([C@@H]4C3=O)[C@@H](c3ccccc3)C5)c2)cc1. The van der Waals surface area contributed by atoms with Crippen LogP contribution in [0.15, 0.2) is 78.9 Å². The molecule has 2 saturated carbocycles. The molecule has 0 unspecified atom stereocenters. The molecular formula is C31H27NO6. The van der Waals surface area contributed by atoms with Gasteiger partial charge in [-0.3, -0.25) is 19.3 Å². The topological polar surface area (TPSA) is 90.0 Å². The Kier molecular flexibility index (Phi) is 6.06. The first-order chi connectivity index (χ1) is 18.5. The maximum atomic E-state index is 13.6. The molecule has 3 aromatic carbocycles. The van der Waals surface area contributed by atoms with Crippen LogP contribution in [0.2, 0.25) is 0 Å². The number of Topliss-reactive ketones (excluding diaryl/α,β-unsaturated/α-hetero) is 1. The minimum atomic E-state index is -0.697. The van der Waals surface area contributed by atoms with E-state index in [-0.39, 0.29) is 52.8 Å². The molecule has 2 amide bonds. The van der Waals surface area contributed by atoms with Crippen molar-refractivity contribution < 1.29 is 28.7 Å². The van der Waals surface area contributed by atoms with Gasteiger partial charge in [-0.25, -0.2) is 4.79 Å². The molecule has 5 atom stereocenters. The molecule has 6 rings (SSSR count). The Bertz CT molecular complexity index is 1420. The number of methoxy groups -OCH3 is 1. The van der Waals surface area contributed by atoms with Crippen molar-refractivity contribution in [2.24, 2.45) is 23.7 Å². The number of nitrogens with zero attached hydrogens (tertiary/aromatic N) is 1. The number of anilines is 1. The fourth-order valence-electron chi connectivity index (χ4n) is 6.64. The van der Waals surface area contributed by atoms with Crippen LogP contribution in [0.1, 0.15) is 45.0 Å². The first kappa shape index (κ1) is 24.1. The molecule has 38 heavy (non-hydrogen) atoms. The first-order valence-electron chi connectivity index (χ1n) is 12.8. The van der Waals surface area contributed by atoms with E-state index in [1.165, 1.54) is 23.6 Å². The van der Waals surface area contributed by atoms with Crippen LogP contribution in [-0.4, -0.2) is 37.3 Å². The predicted octanol–water partition coefficient (Wildman–Crippen LogP) is 4.66. The molecule has 3 aromatic rings. The van der Waals surface area contributed by atoms with Crippen molar-refractivity contribution in [1.29, 1.82) is 0 Å². The molecule has 1 aliphatic heterocycles. The highest BCUT2D eigenvalue weighted by Crippen LogP contribution is 2.61. The van der Waals surface area contributed by atoms with Gasteiger partial charge in [0.25, 0.3) is 0 Å². The third-order valence-corrected chi connectivity index (χ3v) is 8.33. The number of carbonyl (C=O) groups is 4. The quantitative estimate of drug-likeness (QED) is 0.261. The summed E-state index contributed by atoms with van der Waals surface area (Å²) in [6, 6.07) is 23.1. The zero-order valence-electron chi connectivity index (χ0n) is 20.9. The largest absolute Gasteiger partial charge is 0.497 e. The van der Waals surface area contributed by atoms with Gasteiger partial charge in [0.05, 0.1) is 30.2 Å². The Hall–Kier alpha value is -4.26. The lowest BCUT2D eigenvalue weighted by Crippen LogP contribution is -2.33. The number of carbonyl (C=O) groups excluding carboxylic acids is 4. The fraction of sp³-hybridized carbons (Fsp3) is 0.290. The van der Waals surface area contributed by atoms with Crippen LogP contribution in [0.4, 0.5) is 5.69 Å². The van der Waals surface area contributed by atoms with Crippen molar-refractivity contribution in [2.75, 3.05) is 18.6 Å². The zero-order valence-corrected chi connectivity index (χ0v) is 20.9. The molecule has 3 fully saturated rings. The van der Waals surface area contributed by atoms with E-state index in [9.17, 15) is 19.2 Å². The smallest absolute Gasteiger partial charge is 0.338 e. The molecule has 7 nitrogen and oxygen atoms in total. The van der Waals surface area contributed by atoms with Gasteiger partial charge < -0.3 is 9.47 Å². The van der Waals surface area contributed by atoms with Crippen LogP contribution in [0, 0.1) is 23.7 Å². The van der Waals surface area contributed by atoms with Gasteiger partial charge in [0.1, 0.15) is 5.75 Å². The van der Waals surface area contributed by atoms with Gasteiger partial charge in [-0.1, -0.05) is 36.4 Å². The Balaban J connectivity index is 1.16. The molecule has 0 radical (unpaired) electrons. The Morgan fingerprint density at radius 3 is 2.32 bits per heavy atom. The lowest BCUT2D eigenvalue weighted by molar-refractivity contribution is -0.123. The molecule has 2 bridgehead atoms. The van der Waals surface area contributed by atoms with Crippen LogP contribution in [0.5, 0.6) is 5.75 Å². The Labute approximate surface area is 220 Å². The molecule has 1 heterocycles. The second-order valence-electron chi connectivity index (χ2n) is 10.3. The number of fused-ring (bicyclic) bond motifs is 5. The Morgan fingerprint density at radius 2 is 1.58 bits per heavy atom. The standard InChI is InChI=1S/C31H27NO6/c1-37-23-12-10-19(11-13-23)26(33)17-38-31(36)20-8-5-9-22(14-20)32-29(34)27-21-15-24(18-6-3-2-4-7-18)25(16-21)28(27)30(32)35/h2-14,21,24-25,27-28H,15-17H2,1H3/t21-,24+,25+,27-,28-/m0/s1. The van der Waals surface area contributed by atoms with Crippen molar-refractivity contribution in [1.82, 2.24) is 0 Å². The van der Waals surface area contributed by atoms with Crippen molar-refractivity contribution >= 4 is 29.3 Å². The highest BCUT2D eigenvalue weighted by atomic mass is 16.5. The van der Waals surface area contributed by atoms with Crippen LogP contribution in [0.25, 0.3) is 0 Å². The van der Waals surface area contributed by atoms with Crippen molar-refractivity contribution in [3.8, 4) is 5.75 Å². The summed E-state index contributed by atoms with van der Waals surface area (Å²) in [5.41, 5.74) is 2.16. The van der Waals surface area contributed by atoms with Gasteiger partial charge in [-0.2, -0.15) is 0 Å². The highest BCUT2D eigenvalue weighted by molar-refractivity contribution is 6.23. The number of esters is 1. The summed E-state index contributed by atoms with van der Waals surface area (Å²) >= 11 is 0. The van der Waals surface area contributed by atoms with E-state index in [2.05, 4.69) is 12.1 Å². The van der Waals surface area contributed by atoms with E-state index < -0.39 is 12.6 Å². The summed E-state index contributed by atoms with van der Waals surface area (Å²) in [7, 11) is 1.54. The summed E-state index contributed by atoms with van der Waals surface area (Å²) in [4.78, 5) is 53.5. The van der Waals surface area contributed by atoms with E-state index in [0.717, 1.165) is 12.8 Å². The van der Waals surface area contributed by atoms with Gasteiger partial charge >= 0.3 is 5.97 Å². The zero-order chi connectivity index (χ0) is 26.4. The number of hydrogen-bond donors (Lipinski definition) is 0. The second-order valence-corrected chi connectivity index (χ2v) is 10.3. The van der Waals surface area contributed by atoms with Crippen LogP contribution in [-0.2, 0) is 14.3 Å². The number of amides is 2. The maximum absolute atomic E-state index is 13.6. The van der Waals surface area contributed by atoms with Gasteiger partial charge in [0.2, 0.25) is 11.8 Å². The third kappa shape index (κ3) is 3.99. The summed E-state index contributed by atoms with van der Waals surface area (Å²) in [5, 5.41) is 0. The molecule has 0 N–H and O–H groups in total. The van der Waals surface area contributed by atoms with Gasteiger partial charge in [0, 0.05) is 5.56 Å². The van der Waals surface area contributed by atoms with Crippen molar-refractivity contribution in [3.63, 3.8) is 0 Å². The molecule has 3 aliphatic rings. The molecule has 0 spiro atoms. The second kappa shape index (κ2) is 9.56. The summed E-state index contributed by atoms with van der Waals surface area (Å²) in [6.45, 7) is -0.425. The lowest BCUT2D eigenvalue weighted by Gasteiger charge is -2.28. The molecule has 192 valence electrons. The lowest BCUT2D eigenvalue weighted by atomic mass is 9.73. The highest BCUT2D eigenvalue weighted by Gasteiger charge is 2.64. The average molecular weight is 510 g/mol. The maximum Gasteiger partial charge on any atom is 0.338 e. The third-order valence-electron chi connectivity index (χ3n) is 8.33. The predicted molar refractivity (Wildman–Crippen MR) is 139 cm³/mol. The number of ether oxygens (including phenoxy) is 2. The van der Waals surface area contributed by atoms with E-state index in [1.807, 2.05) is 18.2 Å². The number of benzene rings is 3. The van der Waals surface area contributed by atoms with Crippen LogP contribution < -0.4 is 9.64 Å². The minimum Gasteiger partial charge on any atom is -0.497 e. The normalized spacial score (nSPS) is 25.4. The summed E-state index contributed by atoms with van der Waals surface area (Å²) in [6.07, 6.45) is 1.81. The number of hydrogen-bond acceptors (Lipinski definition) is 6. The van der Waals surface area contributed by atoms with Gasteiger partial charge in [-0.05, 0) is 78.6 Å². The van der Waals surface area contributed by atoms with E-state index in [0.29, 0.717) is 17.0 Å². The van der Waals surface area contributed by atoms with Crippen molar-refractivity contribution in [3.05, 3.63) is 95.6 Å². The molecule has 1 saturated heterocycles. The van der Waals surface area contributed by atoms with Gasteiger partial charge in [-0.15, -0.1) is 0 Å². The van der Waals surface area contributed by atoms with Gasteiger partial charge in [0.15, 0.2) is 12.4 Å². The Morgan fingerprint density at radius 1 is 0.842 bits per heavy atom. The van der Waals surface area contributed by atoms with E-state index in [1.54, 1.807) is 42.5 Å². The fourth-order valence-corrected chi connectivity index (χ4v) is 6.64. The summed E-state index contributed by atoms with van der Waals surface area (Å²) < 4.78 is 10.3. The molecule has 2 aliphatic carbocycles. The minimum absolute atomic E-state index is 0.144. The number of imide groups is 1. The van der Waals surface area contributed by atoms with E-state index in [4.69, 9.17) is 9.47 Å². The first-order valence-corrected chi connectivity index (χ1v) is 12.8. The molecular weight excluding hydrogens is 482 g/mol. The van der Waals surface area contributed by atoms with Crippen molar-refractivity contribution in [2.45, 2.75) is 18.8 Å². The molecule has 0 aromatic heterocycles. The summed E-state index contributed by atoms with van der Waals surface area (Å²) in [5.74, 6) is -0.810. The van der Waals surface area contributed by atoms with Crippen LogP contribution >= 0.6 is 0 Å². The van der Waals surface area contributed by atoms with E-state index >= 15 is 0 Å². The monoisotopic (exact) mass is 509 g/mol. The average Bonchev–Trinajstić information content (AvgIpc) is 3.63. The van der Waals surface area contributed by atoms with Crippen LogP contribution in [0.3, 0.4) is 0 Å². The number of rotatable bonds is 7.